The Morgan fingerprint density at radius 1 is 1.23 bits per heavy atom. The van der Waals surface area contributed by atoms with Gasteiger partial charge in [0.1, 0.15) is 0 Å². The van der Waals surface area contributed by atoms with Gasteiger partial charge in [0.05, 0.1) is 0 Å². The highest BCUT2D eigenvalue weighted by Gasteiger charge is 2.10. The van der Waals surface area contributed by atoms with Gasteiger partial charge in [-0.15, -0.1) is 4.90 Å². The highest BCUT2D eigenvalue weighted by atomic mass is 16.2. The van der Waals surface area contributed by atoms with Crippen LogP contribution in [0.1, 0.15) is 32.1 Å². The van der Waals surface area contributed by atoms with Crippen molar-refractivity contribution in [1.82, 2.24) is 4.90 Å². The zero-order valence-corrected chi connectivity index (χ0v) is 7.49. The molecule has 1 amide bonds. The normalized spacial score (nSPS) is 8.54. The van der Waals surface area contributed by atoms with Gasteiger partial charge in [0.15, 0.2) is 0 Å². The molecule has 0 aliphatic rings. The molecule has 4 heteroatoms. The maximum atomic E-state index is 11.0. The Hall–Kier alpha value is -1.55. The summed E-state index contributed by atoms with van der Waals surface area (Å²) in [6, 6.07) is 0. The maximum absolute atomic E-state index is 11.0. The van der Waals surface area contributed by atoms with Gasteiger partial charge >= 0.3 is 0 Å². The Labute approximate surface area is 78.4 Å². The van der Waals surface area contributed by atoms with Crippen LogP contribution < -0.4 is 0 Å². The second kappa shape index (κ2) is 7.12. The maximum Gasteiger partial charge on any atom is 0.249 e. The van der Waals surface area contributed by atoms with Gasteiger partial charge in [0.25, 0.3) is 0 Å². The molecule has 0 unspecified atom stereocenters. The van der Waals surface area contributed by atoms with Gasteiger partial charge in [0, 0.05) is 6.42 Å². The standard InChI is InChI=1S/C9H12N3O/c1-2-3-4-5-6-9(13)12(7-10)8-11/h1-6H2. The first-order valence-electron chi connectivity index (χ1n) is 4.18. The van der Waals surface area contributed by atoms with Crippen molar-refractivity contribution in [1.29, 1.82) is 10.5 Å². The van der Waals surface area contributed by atoms with E-state index in [1.165, 1.54) is 12.4 Å². The summed E-state index contributed by atoms with van der Waals surface area (Å²) in [7, 11) is 0. The van der Waals surface area contributed by atoms with Crippen molar-refractivity contribution in [3.63, 3.8) is 0 Å². The van der Waals surface area contributed by atoms with Crippen LogP contribution in [0.25, 0.3) is 0 Å². The van der Waals surface area contributed by atoms with Crippen LogP contribution in [0, 0.1) is 29.8 Å². The van der Waals surface area contributed by atoms with Crippen molar-refractivity contribution >= 4 is 5.91 Å². The van der Waals surface area contributed by atoms with E-state index in [0.29, 0.717) is 11.3 Å². The number of rotatable bonds is 5. The molecule has 0 N–H and O–H groups in total. The molecule has 0 aromatic carbocycles. The fourth-order valence-corrected chi connectivity index (χ4v) is 0.875. The Morgan fingerprint density at radius 3 is 2.31 bits per heavy atom. The molecule has 0 fully saturated rings. The van der Waals surface area contributed by atoms with E-state index in [2.05, 4.69) is 6.92 Å². The van der Waals surface area contributed by atoms with Crippen LogP contribution in [0.15, 0.2) is 0 Å². The SMILES string of the molecule is [CH2]CCCCCC(=O)N(C#N)C#N. The third-order valence-corrected chi connectivity index (χ3v) is 1.59. The molecule has 0 heterocycles. The Balaban J connectivity index is 3.64. The molecule has 0 aromatic heterocycles. The fourth-order valence-electron chi connectivity index (χ4n) is 0.875. The molecule has 0 atom stereocenters. The molecule has 0 bridgehead atoms. The number of carbonyl (C=O) groups is 1. The van der Waals surface area contributed by atoms with E-state index < -0.39 is 5.91 Å². The fraction of sp³-hybridized carbons (Fsp3) is 0.556. The van der Waals surface area contributed by atoms with Gasteiger partial charge in [0.2, 0.25) is 18.3 Å². The summed E-state index contributed by atoms with van der Waals surface area (Å²) in [4.78, 5) is 11.5. The molecule has 13 heavy (non-hydrogen) atoms. The monoisotopic (exact) mass is 178 g/mol. The van der Waals surface area contributed by atoms with Gasteiger partial charge in [-0.05, 0) is 6.42 Å². The minimum Gasteiger partial charge on any atom is -0.273 e. The molecule has 0 aliphatic heterocycles. The van der Waals surface area contributed by atoms with E-state index in [1.54, 1.807) is 0 Å². The van der Waals surface area contributed by atoms with Gasteiger partial charge in [-0.2, -0.15) is 10.5 Å². The number of hydrogen-bond donors (Lipinski definition) is 0. The highest BCUT2D eigenvalue weighted by Crippen LogP contribution is 2.03. The van der Waals surface area contributed by atoms with Gasteiger partial charge < -0.3 is 0 Å². The van der Waals surface area contributed by atoms with Crippen molar-refractivity contribution in [2.75, 3.05) is 0 Å². The van der Waals surface area contributed by atoms with Gasteiger partial charge in [-0.3, -0.25) is 4.79 Å². The molecule has 0 rings (SSSR count). The molecule has 0 aliphatic carbocycles. The summed E-state index contributed by atoms with van der Waals surface area (Å²) < 4.78 is 0. The Morgan fingerprint density at radius 2 is 1.85 bits per heavy atom. The molecule has 0 spiro atoms. The van der Waals surface area contributed by atoms with Crippen LogP contribution in [-0.4, -0.2) is 10.8 Å². The number of carbonyl (C=O) groups excluding carboxylic acids is 1. The Kier molecular flexibility index (Phi) is 6.27. The van der Waals surface area contributed by atoms with Crippen LogP contribution >= 0.6 is 0 Å². The van der Waals surface area contributed by atoms with Gasteiger partial charge in [-0.1, -0.05) is 26.2 Å². The predicted octanol–water partition coefficient (Wildman–Crippen LogP) is 1.56. The highest BCUT2D eigenvalue weighted by molar-refractivity contribution is 5.79. The number of amides is 1. The number of nitriles is 2. The van der Waals surface area contributed by atoms with E-state index in [0.717, 1.165) is 19.3 Å². The summed E-state index contributed by atoms with van der Waals surface area (Å²) in [5.41, 5.74) is 0. The number of unbranched alkanes of at least 4 members (excludes halogenated alkanes) is 3. The molecule has 0 aromatic rings. The number of nitrogens with zero attached hydrogens (tertiary/aromatic N) is 3. The van der Waals surface area contributed by atoms with E-state index in [9.17, 15) is 4.79 Å². The second-order valence-electron chi connectivity index (χ2n) is 2.59. The summed E-state index contributed by atoms with van der Waals surface area (Å²) in [6.07, 6.45) is 6.74. The van der Waals surface area contributed by atoms with Crippen molar-refractivity contribution < 1.29 is 4.79 Å². The lowest BCUT2D eigenvalue weighted by molar-refractivity contribution is -0.125. The van der Waals surface area contributed by atoms with Gasteiger partial charge in [-0.25, -0.2) is 0 Å². The summed E-state index contributed by atoms with van der Waals surface area (Å²) in [5.74, 6) is -0.422. The molecule has 4 nitrogen and oxygen atoms in total. The number of hydrogen-bond acceptors (Lipinski definition) is 3. The average Bonchev–Trinajstić information content (AvgIpc) is 2.14. The average molecular weight is 178 g/mol. The Bertz CT molecular complexity index is 222. The van der Waals surface area contributed by atoms with E-state index in [1.807, 2.05) is 0 Å². The summed E-state index contributed by atoms with van der Waals surface area (Å²) >= 11 is 0. The van der Waals surface area contributed by atoms with E-state index >= 15 is 0 Å². The van der Waals surface area contributed by atoms with Crippen LogP contribution in [-0.2, 0) is 4.79 Å². The largest absolute Gasteiger partial charge is 0.273 e. The van der Waals surface area contributed by atoms with Crippen molar-refractivity contribution in [3.8, 4) is 12.4 Å². The molecule has 1 radical (unpaired) electrons. The van der Waals surface area contributed by atoms with Crippen LogP contribution in [0.5, 0.6) is 0 Å². The molecule has 69 valence electrons. The zero-order valence-electron chi connectivity index (χ0n) is 7.49. The smallest absolute Gasteiger partial charge is 0.249 e. The summed E-state index contributed by atoms with van der Waals surface area (Å²) in [6.45, 7) is 3.67. The van der Waals surface area contributed by atoms with Crippen molar-refractivity contribution in [2.45, 2.75) is 32.1 Å². The lowest BCUT2D eigenvalue weighted by Crippen LogP contribution is -2.19. The first kappa shape index (κ1) is 11.4. The third kappa shape index (κ3) is 4.81. The molecular formula is C9H12N3O. The lowest BCUT2D eigenvalue weighted by Gasteiger charge is -2.02. The minimum absolute atomic E-state index is 0.265. The molecular weight excluding hydrogens is 166 g/mol. The molecule has 0 saturated carbocycles. The van der Waals surface area contributed by atoms with E-state index in [-0.39, 0.29) is 6.42 Å². The topological polar surface area (TPSA) is 67.9 Å². The first-order chi connectivity index (χ1) is 6.26. The lowest BCUT2D eigenvalue weighted by atomic mass is 10.1. The third-order valence-electron chi connectivity index (χ3n) is 1.59. The van der Waals surface area contributed by atoms with Crippen molar-refractivity contribution in [2.24, 2.45) is 0 Å². The van der Waals surface area contributed by atoms with Crippen molar-refractivity contribution in [3.05, 3.63) is 6.92 Å². The van der Waals surface area contributed by atoms with Crippen LogP contribution in [0.3, 0.4) is 0 Å². The van der Waals surface area contributed by atoms with E-state index in [4.69, 9.17) is 10.5 Å². The molecule has 0 saturated heterocycles. The van der Waals surface area contributed by atoms with Crippen LogP contribution in [0.2, 0.25) is 0 Å². The van der Waals surface area contributed by atoms with Crippen LogP contribution in [0.4, 0.5) is 0 Å². The quantitative estimate of drug-likeness (QED) is 0.364. The zero-order chi connectivity index (χ0) is 10.1. The first-order valence-corrected chi connectivity index (χ1v) is 4.18. The second-order valence-corrected chi connectivity index (χ2v) is 2.59. The predicted molar refractivity (Wildman–Crippen MR) is 46.5 cm³/mol. The minimum atomic E-state index is -0.422. The summed E-state index contributed by atoms with van der Waals surface area (Å²) in [5, 5.41) is 16.6.